The molecule has 37 heavy (non-hydrogen) atoms. The van der Waals surface area contributed by atoms with Crippen molar-refractivity contribution >= 4 is 11.8 Å². The van der Waals surface area contributed by atoms with Crippen LogP contribution in [0.1, 0.15) is 63.0 Å². The number of methoxy groups -OCH3 is 1. The average Bonchev–Trinajstić information content (AvgIpc) is 3.28. The van der Waals surface area contributed by atoms with Gasteiger partial charge < -0.3 is 35.0 Å². The second kappa shape index (κ2) is 11.7. The van der Waals surface area contributed by atoms with Crippen LogP contribution in [0.15, 0.2) is 35.4 Å². The lowest BCUT2D eigenvalue weighted by Gasteiger charge is -2.44. The number of aliphatic hydroxyl groups is 3. The monoisotopic (exact) mass is 514 g/mol. The highest BCUT2D eigenvalue weighted by atomic mass is 16.5. The summed E-state index contributed by atoms with van der Waals surface area (Å²) in [5.74, 6) is -0.415. The number of hydrogen-bond acceptors (Lipinski definition) is 7. The first-order valence-electron chi connectivity index (χ1n) is 13.0. The van der Waals surface area contributed by atoms with Crippen molar-refractivity contribution in [2.45, 2.75) is 82.8 Å². The number of allylic oxidation sites excluding steroid dienone is 1. The summed E-state index contributed by atoms with van der Waals surface area (Å²) in [7, 11) is 1.49. The van der Waals surface area contributed by atoms with Crippen LogP contribution in [0.25, 0.3) is 0 Å². The molecule has 0 bridgehead atoms. The van der Waals surface area contributed by atoms with Crippen molar-refractivity contribution in [3.8, 4) is 11.5 Å². The third-order valence-electron chi connectivity index (χ3n) is 7.45. The molecule has 202 valence electrons. The van der Waals surface area contributed by atoms with Crippen molar-refractivity contribution in [3.05, 3.63) is 46.6 Å². The Morgan fingerprint density at radius 2 is 1.92 bits per heavy atom. The van der Waals surface area contributed by atoms with Crippen LogP contribution in [0, 0.1) is 0 Å². The summed E-state index contributed by atoms with van der Waals surface area (Å²) in [6, 6.07) is 2.59. The number of ether oxygens (including phenoxy) is 2. The van der Waals surface area contributed by atoms with Crippen LogP contribution in [-0.2, 0) is 16.2 Å². The van der Waals surface area contributed by atoms with Gasteiger partial charge in [-0.3, -0.25) is 9.59 Å². The van der Waals surface area contributed by atoms with Gasteiger partial charge in [-0.1, -0.05) is 24.8 Å². The van der Waals surface area contributed by atoms with Crippen molar-refractivity contribution in [1.82, 2.24) is 10.2 Å². The van der Waals surface area contributed by atoms with Gasteiger partial charge >= 0.3 is 0 Å². The summed E-state index contributed by atoms with van der Waals surface area (Å²) < 4.78 is 11.8. The zero-order valence-corrected chi connectivity index (χ0v) is 21.8. The molecule has 1 heterocycles. The van der Waals surface area contributed by atoms with Crippen molar-refractivity contribution in [3.63, 3.8) is 0 Å². The highest BCUT2D eigenvalue weighted by Crippen LogP contribution is 2.51. The molecule has 2 aliphatic carbocycles. The molecule has 4 rings (SSSR count). The Morgan fingerprint density at radius 1 is 1.19 bits per heavy atom. The molecule has 9 heteroatoms. The van der Waals surface area contributed by atoms with Gasteiger partial charge in [-0.15, -0.1) is 0 Å². The lowest BCUT2D eigenvalue weighted by Crippen LogP contribution is -2.58. The van der Waals surface area contributed by atoms with Crippen LogP contribution in [-0.4, -0.2) is 76.6 Å². The summed E-state index contributed by atoms with van der Waals surface area (Å²) in [6.07, 6.45) is 6.08. The molecule has 1 aliphatic heterocycles. The van der Waals surface area contributed by atoms with Gasteiger partial charge in [0, 0.05) is 29.8 Å². The van der Waals surface area contributed by atoms with Gasteiger partial charge in [0.05, 0.1) is 32.3 Å². The van der Waals surface area contributed by atoms with Crippen LogP contribution >= 0.6 is 0 Å². The third kappa shape index (κ3) is 5.39. The largest absolute Gasteiger partial charge is 0.493 e. The molecule has 1 saturated carbocycles. The number of carbonyl (C=O) groups excluding carboxylic acids is 2. The van der Waals surface area contributed by atoms with E-state index in [4.69, 9.17) is 9.47 Å². The summed E-state index contributed by atoms with van der Waals surface area (Å²) in [5, 5.41) is 33.5. The van der Waals surface area contributed by atoms with E-state index in [0.29, 0.717) is 28.2 Å². The van der Waals surface area contributed by atoms with Crippen molar-refractivity contribution in [2.75, 3.05) is 20.3 Å². The number of rotatable bonds is 8. The van der Waals surface area contributed by atoms with Crippen LogP contribution in [0.4, 0.5) is 0 Å². The molecule has 1 aromatic carbocycles. The SMILES string of the molecule is COc1cc(CO)cc2c1O[C@@H]1[C@@H](O)[C@H](N(C(=O)C=C(C)C)C3CCCCC3)C=C(C(=O)NCCO)[C@H]21. The number of carbonyl (C=O) groups is 2. The van der Waals surface area contributed by atoms with E-state index in [1.54, 1.807) is 29.2 Å². The van der Waals surface area contributed by atoms with Crippen molar-refractivity contribution in [2.24, 2.45) is 0 Å². The summed E-state index contributed by atoms with van der Waals surface area (Å²) in [4.78, 5) is 28.7. The number of amides is 2. The lowest BCUT2D eigenvalue weighted by molar-refractivity contribution is -0.136. The van der Waals surface area contributed by atoms with E-state index in [1.807, 2.05) is 13.8 Å². The van der Waals surface area contributed by atoms with Crippen LogP contribution in [0.5, 0.6) is 11.5 Å². The van der Waals surface area contributed by atoms with Crippen molar-refractivity contribution in [1.29, 1.82) is 0 Å². The maximum absolute atomic E-state index is 13.5. The smallest absolute Gasteiger partial charge is 0.247 e. The first-order chi connectivity index (χ1) is 17.8. The van der Waals surface area contributed by atoms with E-state index in [0.717, 1.165) is 37.7 Å². The molecule has 0 saturated heterocycles. The molecular formula is C28H38N2O7. The fourth-order valence-corrected chi connectivity index (χ4v) is 5.84. The molecule has 0 aromatic heterocycles. The first kappa shape index (κ1) is 27.2. The molecule has 0 radical (unpaired) electrons. The van der Waals surface area contributed by atoms with E-state index >= 15 is 0 Å². The Bertz CT molecular complexity index is 1070. The van der Waals surface area contributed by atoms with E-state index in [-0.39, 0.29) is 31.7 Å². The van der Waals surface area contributed by atoms with Gasteiger partial charge in [0.2, 0.25) is 11.8 Å². The van der Waals surface area contributed by atoms with E-state index in [2.05, 4.69) is 5.32 Å². The second-order valence-corrected chi connectivity index (χ2v) is 10.3. The van der Waals surface area contributed by atoms with Gasteiger partial charge in [0.25, 0.3) is 0 Å². The van der Waals surface area contributed by atoms with Gasteiger partial charge in [0.1, 0.15) is 12.2 Å². The zero-order chi connectivity index (χ0) is 26.7. The van der Waals surface area contributed by atoms with Crippen LogP contribution in [0.3, 0.4) is 0 Å². The summed E-state index contributed by atoms with van der Waals surface area (Å²) in [6.45, 7) is 3.33. The quantitative estimate of drug-likeness (QED) is 0.390. The fourth-order valence-electron chi connectivity index (χ4n) is 5.84. The number of nitrogens with zero attached hydrogens (tertiary/aromatic N) is 1. The standard InChI is InChI=1S/C28H38N2O7/c1-16(2)11-23(33)30(18-7-5-4-6-8-18)21-14-20(28(35)29-9-10-31)24-19-12-17(15-32)13-22(36-3)26(19)37-27(24)25(21)34/h11-14,18,21,24-25,27,31-32,34H,4-10,15H2,1-3H3,(H,29,35)/t21-,24+,25+,27+/m1/s1. The average molecular weight is 515 g/mol. The zero-order valence-electron chi connectivity index (χ0n) is 21.8. The minimum absolute atomic E-state index is 0.0645. The van der Waals surface area contributed by atoms with E-state index < -0.39 is 30.1 Å². The third-order valence-corrected chi connectivity index (χ3v) is 7.45. The van der Waals surface area contributed by atoms with E-state index in [9.17, 15) is 24.9 Å². The number of fused-ring (bicyclic) bond motifs is 3. The first-order valence-corrected chi connectivity index (χ1v) is 13.0. The Balaban J connectivity index is 1.83. The molecule has 2 amide bonds. The fraction of sp³-hybridized carbons (Fsp3) is 0.571. The highest BCUT2D eigenvalue weighted by Gasteiger charge is 2.52. The normalized spacial score (nSPS) is 24.8. The minimum Gasteiger partial charge on any atom is -0.493 e. The molecule has 0 unspecified atom stereocenters. The molecule has 1 fully saturated rings. The molecule has 1 aromatic rings. The number of aliphatic hydroxyl groups excluding tert-OH is 3. The van der Waals surface area contributed by atoms with Crippen LogP contribution < -0.4 is 14.8 Å². The minimum atomic E-state index is -1.11. The maximum Gasteiger partial charge on any atom is 0.247 e. The topological polar surface area (TPSA) is 129 Å². The number of hydrogen-bond donors (Lipinski definition) is 4. The Morgan fingerprint density at radius 3 is 2.54 bits per heavy atom. The molecule has 4 N–H and O–H groups in total. The molecule has 4 atom stereocenters. The van der Waals surface area contributed by atoms with Gasteiger partial charge in [0.15, 0.2) is 11.5 Å². The Hall–Kier alpha value is -2.88. The number of benzene rings is 1. The van der Waals surface area contributed by atoms with Gasteiger partial charge in [-0.2, -0.15) is 0 Å². The highest BCUT2D eigenvalue weighted by molar-refractivity contribution is 5.96. The maximum atomic E-state index is 13.5. The van der Waals surface area contributed by atoms with Crippen LogP contribution in [0.2, 0.25) is 0 Å². The van der Waals surface area contributed by atoms with Crippen molar-refractivity contribution < 1.29 is 34.4 Å². The lowest BCUT2D eigenvalue weighted by atomic mass is 9.76. The predicted molar refractivity (Wildman–Crippen MR) is 137 cm³/mol. The summed E-state index contributed by atoms with van der Waals surface area (Å²) >= 11 is 0. The molecular weight excluding hydrogens is 476 g/mol. The van der Waals surface area contributed by atoms with E-state index in [1.165, 1.54) is 7.11 Å². The molecule has 0 spiro atoms. The molecule has 9 nitrogen and oxygen atoms in total. The summed E-state index contributed by atoms with van der Waals surface area (Å²) in [5.41, 5.74) is 2.44. The number of nitrogens with one attached hydrogen (secondary N) is 1. The van der Waals surface area contributed by atoms with Gasteiger partial charge in [-0.25, -0.2) is 0 Å². The predicted octanol–water partition coefficient (Wildman–Crippen LogP) is 1.94. The Kier molecular flexibility index (Phi) is 8.56. The molecule has 3 aliphatic rings. The Labute approximate surface area is 217 Å². The second-order valence-electron chi connectivity index (χ2n) is 10.3. The van der Waals surface area contributed by atoms with Gasteiger partial charge in [-0.05, 0) is 50.5 Å².